The van der Waals surface area contributed by atoms with Gasteiger partial charge < -0.3 is 10.2 Å². The van der Waals surface area contributed by atoms with E-state index < -0.39 is 0 Å². The molecule has 2 N–H and O–H groups in total. The molecule has 0 radical (unpaired) electrons. The van der Waals surface area contributed by atoms with Gasteiger partial charge in [0.05, 0.1) is 6.10 Å². The third-order valence-corrected chi connectivity index (χ3v) is 2.93. The fraction of sp³-hybridized carbons (Fsp3) is 1.00. The first-order valence-electron chi connectivity index (χ1n) is 4.37. The molecule has 3 unspecified atom stereocenters. The molecular formula is C9H18O2. The van der Waals surface area contributed by atoms with Crippen molar-refractivity contribution in [2.24, 2.45) is 11.3 Å². The van der Waals surface area contributed by atoms with Crippen molar-refractivity contribution in [2.75, 3.05) is 6.61 Å². The second-order valence-electron chi connectivity index (χ2n) is 4.19. The molecule has 2 nitrogen and oxygen atoms in total. The fourth-order valence-corrected chi connectivity index (χ4v) is 2.21. The van der Waals surface area contributed by atoms with Crippen LogP contribution >= 0.6 is 0 Å². The van der Waals surface area contributed by atoms with Crippen molar-refractivity contribution in [3.05, 3.63) is 0 Å². The quantitative estimate of drug-likeness (QED) is 0.633. The highest BCUT2D eigenvalue weighted by Gasteiger charge is 2.40. The van der Waals surface area contributed by atoms with Crippen molar-refractivity contribution in [3.63, 3.8) is 0 Å². The van der Waals surface area contributed by atoms with E-state index in [1.807, 2.05) is 0 Å². The molecule has 1 aliphatic carbocycles. The van der Waals surface area contributed by atoms with Gasteiger partial charge in [0, 0.05) is 6.61 Å². The molecule has 0 aromatic rings. The van der Waals surface area contributed by atoms with Crippen LogP contribution in [0.5, 0.6) is 0 Å². The van der Waals surface area contributed by atoms with E-state index in [1.165, 1.54) is 0 Å². The molecule has 1 aliphatic rings. The van der Waals surface area contributed by atoms with Gasteiger partial charge in [0.25, 0.3) is 0 Å². The molecule has 2 heteroatoms. The Balaban J connectivity index is 2.55. The molecule has 11 heavy (non-hydrogen) atoms. The van der Waals surface area contributed by atoms with E-state index in [1.54, 1.807) is 0 Å². The van der Waals surface area contributed by atoms with Gasteiger partial charge in [0.2, 0.25) is 0 Å². The van der Waals surface area contributed by atoms with Crippen molar-refractivity contribution in [2.45, 2.75) is 39.2 Å². The lowest BCUT2D eigenvalue weighted by atomic mass is 9.83. The average molecular weight is 158 g/mol. The van der Waals surface area contributed by atoms with Gasteiger partial charge in [-0.2, -0.15) is 0 Å². The topological polar surface area (TPSA) is 40.5 Å². The molecule has 1 rings (SSSR count). The Morgan fingerprint density at radius 1 is 1.55 bits per heavy atom. The molecule has 3 atom stereocenters. The minimum atomic E-state index is -0.204. The maximum Gasteiger partial charge on any atom is 0.0597 e. The lowest BCUT2D eigenvalue weighted by molar-refractivity contribution is 0.0458. The summed E-state index contributed by atoms with van der Waals surface area (Å²) in [5.41, 5.74) is -0.0197. The maximum atomic E-state index is 9.64. The van der Waals surface area contributed by atoms with Crippen molar-refractivity contribution >= 4 is 0 Å². The Kier molecular flexibility index (Phi) is 2.55. The zero-order chi connectivity index (χ0) is 8.48. The standard InChI is InChI=1S/C9H18O2/c1-7-5-8(11)9(2,6-7)3-4-10/h7-8,10-11H,3-6H2,1-2H3. The Morgan fingerprint density at radius 3 is 2.55 bits per heavy atom. The Bertz CT molecular complexity index is 136. The molecule has 0 heterocycles. The van der Waals surface area contributed by atoms with Crippen LogP contribution < -0.4 is 0 Å². The molecule has 0 bridgehead atoms. The monoisotopic (exact) mass is 158 g/mol. The predicted octanol–water partition coefficient (Wildman–Crippen LogP) is 1.17. The summed E-state index contributed by atoms with van der Waals surface area (Å²) in [5, 5.41) is 18.4. The van der Waals surface area contributed by atoms with Gasteiger partial charge >= 0.3 is 0 Å². The summed E-state index contributed by atoms with van der Waals surface area (Å²) in [6.45, 7) is 4.42. The first-order valence-corrected chi connectivity index (χ1v) is 4.37. The highest BCUT2D eigenvalue weighted by molar-refractivity contribution is 4.91. The van der Waals surface area contributed by atoms with Crippen LogP contribution in [-0.4, -0.2) is 22.9 Å². The number of rotatable bonds is 2. The number of aliphatic hydroxyl groups is 2. The van der Waals surface area contributed by atoms with Crippen LogP contribution in [0.4, 0.5) is 0 Å². The molecule has 0 saturated heterocycles. The van der Waals surface area contributed by atoms with Crippen LogP contribution in [0.3, 0.4) is 0 Å². The smallest absolute Gasteiger partial charge is 0.0597 e. The van der Waals surface area contributed by atoms with Gasteiger partial charge in [0.1, 0.15) is 0 Å². The van der Waals surface area contributed by atoms with Gasteiger partial charge in [-0.25, -0.2) is 0 Å². The average Bonchev–Trinajstić information content (AvgIpc) is 2.08. The SMILES string of the molecule is CC1CC(O)C(C)(CCO)C1. The van der Waals surface area contributed by atoms with E-state index in [-0.39, 0.29) is 18.1 Å². The molecule has 0 amide bonds. The number of hydrogen-bond acceptors (Lipinski definition) is 2. The first-order chi connectivity index (χ1) is 5.08. The van der Waals surface area contributed by atoms with E-state index in [0.29, 0.717) is 5.92 Å². The lowest BCUT2D eigenvalue weighted by Crippen LogP contribution is -2.27. The zero-order valence-electron chi connectivity index (χ0n) is 7.38. The second-order valence-corrected chi connectivity index (χ2v) is 4.19. The van der Waals surface area contributed by atoms with E-state index >= 15 is 0 Å². The van der Waals surface area contributed by atoms with Crippen LogP contribution in [-0.2, 0) is 0 Å². The fourth-order valence-electron chi connectivity index (χ4n) is 2.21. The largest absolute Gasteiger partial charge is 0.396 e. The normalized spacial score (nSPS) is 44.7. The summed E-state index contributed by atoms with van der Waals surface area (Å²) in [4.78, 5) is 0. The van der Waals surface area contributed by atoms with Crippen LogP contribution in [0, 0.1) is 11.3 Å². The molecule has 1 fully saturated rings. The highest BCUT2D eigenvalue weighted by Crippen LogP contribution is 2.43. The van der Waals surface area contributed by atoms with E-state index in [2.05, 4.69) is 13.8 Å². The summed E-state index contributed by atoms with van der Waals surface area (Å²) in [7, 11) is 0. The van der Waals surface area contributed by atoms with Gasteiger partial charge in [-0.15, -0.1) is 0 Å². The van der Waals surface area contributed by atoms with Crippen molar-refractivity contribution in [1.29, 1.82) is 0 Å². The molecule has 0 spiro atoms. The molecular weight excluding hydrogens is 140 g/mol. The van der Waals surface area contributed by atoms with Gasteiger partial charge in [-0.1, -0.05) is 13.8 Å². The van der Waals surface area contributed by atoms with Gasteiger partial charge in [0.15, 0.2) is 0 Å². The van der Waals surface area contributed by atoms with E-state index in [0.717, 1.165) is 19.3 Å². The van der Waals surface area contributed by atoms with E-state index in [4.69, 9.17) is 5.11 Å². The van der Waals surface area contributed by atoms with E-state index in [9.17, 15) is 5.11 Å². The summed E-state index contributed by atoms with van der Waals surface area (Å²) in [5.74, 6) is 0.613. The zero-order valence-corrected chi connectivity index (χ0v) is 7.38. The Morgan fingerprint density at radius 2 is 2.18 bits per heavy atom. The van der Waals surface area contributed by atoms with Crippen molar-refractivity contribution in [1.82, 2.24) is 0 Å². The first kappa shape index (κ1) is 9.01. The van der Waals surface area contributed by atoms with Crippen LogP contribution in [0.1, 0.15) is 33.1 Å². The second kappa shape index (κ2) is 3.11. The van der Waals surface area contributed by atoms with Crippen LogP contribution in [0.25, 0.3) is 0 Å². The number of hydrogen-bond donors (Lipinski definition) is 2. The number of aliphatic hydroxyl groups excluding tert-OH is 2. The lowest BCUT2D eigenvalue weighted by Gasteiger charge is -2.26. The van der Waals surface area contributed by atoms with Crippen molar-refractivity contribution in [3.8, 4) is 0 Å². The Labute approximate surface area is 68.2 Å². The third-order valence-electron chi connectivity index (χ3n) is 2.93. The summed E-state index contributed by atoms with van der Waals surface area (Å²) in [6.07, 6.45) is 2.48. The van der Waals surface area contributed by atoms with Crippen molar-refractivity contribution < 1.29 is 10.2 Å². The third kappa shape index (κ3) is 1.74. The molecule has 0 aliphatic heterocycles. The van der Waals surface area contributed by atoms with Gasteiger partial charge in [-0.05, 0) is 30.6 Å². The minimum absolute atomic E-state index is 0.0197. The molecule has 66 valence electrons. The summed E-state index contributed by atoms with van der Waals surface area (Å²) in [6, 6.07) is 0. The van der Waals surface area contributed by atoms with Crippen LogP contribution in [0.15, 0.2) is 0 Å². The highest BCUT2D eigenvalue weighted by atomic mass is 16.3. The molecule has 0 aromatic carbocycles. The predicted molar refractivity (Wildman–Crippen MR) is 44.2 cm³/mol. The molecule has 0 aromatic heterocycles. The Hall–Kier alpha value is -0.0800. The maximum absolute atomic E-state index is 9.64. The summed E-state index contributed by atoms with van der Waals surface area (Å²) >= 11 is 0. The summed E-state index contributed by atoms with van der Waals surface area (Å²) < 4.78 is 0. The minimum Gasteiger partial charge on any atom is -0.396 e. The van der Waals surface area contributed by atoms with Gasteiger partial charge in [-0.3, -0.25) is 0 Å². The van der Waals surface area contributed by atoms with Crippen LogP contribution in [0.2, 0.25) is 0 Å². The molecule has 1 saturated carbocycles.